The van der Waals surface area contributed by atoms with E-state index >= 15 is 0 Å². The van der Waals surface area contributed by atoms with Crippen LogP contribution in [0.25, 0.3) is 0 Å². The maximum absolute atomic E-state index is 13.8. The minimum atomic E-state index is -0.352. The molecule has 0 fully saturated rings. The zero-order valence-corrected chi connectivity index (χ0v) is 21.7. The first kappa shape index (κ1) is 25.1. The van der Waals surface area contributed by atoms with Crippen LogP contribution >= 0.6 is 0 Å². The Kier molecular flexibility index (Phi) is 6.88. The van der Waals surface area contributed by atoms with Crippen molar-refractivity contribution >= 4 is 5.97 Å². The monoisotopic (exact) mass is 473 g/mol. The number of aryl methyl sites for hydroxylation is 1. The van der Waals surface area contributed by atoms with Gasteiger partial charge in [-0.3, -0.25) is 0 Å². The number of nitrogens with one attached hydrogen (secondary N) is 1. The van der Waals surface area contributed by atoms with Gasteiger partial charge in [0.1, 0.15) is 5.82 Å². The van der Waals surface area contributed by atoms with Crippen molar-refractivity contribution in [1.82, 2.24) is 5.32 Å². The summed E-state index contributed by atoms with van der Waals surface area (Å²) in [6, 6.07) is 18.9. The number of ether oxygens (including phenoxy) is 1. The number of benzene rings is 3. The number of methoxy groups -OCH3 is 1. The molecule has 1 N–H and O–H groups in total. The Hall–Kier alpha value is -2.98. The van der Waals surface area contributed by atoms with Crippen LogP contribution in [-0.2, 0) is 22.1 Å². The lowest BCUT2D eigenvalue weighted by Crippen LogP contribution is -2.34. The topological polar surface area (TPSA) is 38.3 Å². The Morgan fingerprint density at radius 3 is 2.20 bits per heavy atom. The molecule has 3 aromatic carbocycles. The van der Waals surface area contributed by atoms with Crippen LogP contribution in [0.5, 0.6) is 0 Å². The summed E-state index contributed by atoms with van der Waals surface area (Å²) >= 11 is 0. The fourth-order valence-electron chi connectivity index (χ4n) is 5.25. The Labute approximate surface area is 208 Å². The van der Waals surface area contributed by atoms with Gasteiger partial charge in [0.25, 0.3) is 0 Å². The van der Waals surface area contributed by atoms with Crippen LogP contribution in [0, 0.1) is 12.7 Å². The molecule has 0 aromatic heterocycles. The van der Waals surface area contributed by atoms with Crippen LogP contribution in [-0.4, -0.2) is 13.1 Å². The molecule has 3 nitrogen and oxygen atoms in total. The van der Waals surface area contributed by atoms with Gasteiger partial charge in [-0.1, -0.05) is 64.1 Å². The molecule has 0 saturated heterocycles. The lowest BCUT2D eigenvalue weighted by atomic mass is 9.62. The average Bonchev–Trinajstić information content (AvgIpc) is 2.82. The molecule has 4 rings (SSSR count). The van der Waals surface area contributed by atoms with E-state index in [1.54, 1.807) is 24.3 Å². The van der Waals surface area contributed by atoms with Crippen molar-refractivity contribution < 1.29 is 13.9 Å². The number of halogens is 1. The third kappa shape index (κ3) is 5.18. The second-order valence-corrected chi connectivity index (χ2v) is 11.1. The number of hydrogen-bond acceptors (Lipinski definition) is 3. The summed E-state index contributed by atoms with van der Waals surface area (Å²) in [6.45, 7) is 12.0. The summed E-state index contributed by atoms with van der Waals surface area (Å²) < 4.78 is 18.7. The smallest absolute Gasteiger partial charge is 0.337 e. The van der Waals surface area contributed by atoms with Gasteiger partial charge in [0, 0.05) is 6.54 Å². The van der Waals surface area contributed by atoms with Crippen LogP contribution in [0.4, 0.5) is 4.39 Å². The van der Waals surface area contributed by atoms with E-state index in [0.717, 1.165) is 17.5 Å². The van der Waals surface area contributed by atoms with Gasteiger partial charge in [0.05, 0.1) is 18.7 Å². The molecule has 0 bridgehead atoms. The second kappa shape index (κ2) is 9.58. The molecular weight excluding hydrogens is 437 g/mol. The van der Waals surface area contributed by atoms with Gasteiger partial charge in [-0.15, -0.1) is 0 Å². The van der Waals surface area contributed by atoms with E-state index < -0.39 is 0 Å². The van der Waals surface area contributed by atoms with E-state index in [9.17, 15) is 9.18 Å². The van der Waals surface area contributed by atoms with Gasteiger partial charge in [-0.05, 0) is 88.2 Å². The molecule has 35 heavy (non-hydrogen) atoms. The molecule has 4 heteroatoms. The van der Waals surface area contributed by atoms with Crippen molar-refractivity contribution in [2.24, 2.45) is 0 Å². The van der Waals surface area contributed by atoms with Crippen molar-refractivity contribution in [1.29, 1.82) is 0 Å². The fraction of sp³-hybridized carbons (Fsp3) is 0.387. The highest BCUT2D eigenvalue weighted by Gasteiger charge is 2.38. The number of hydrogen-bond donors (Lipinski definition) is 1. The highest BCUT2D eigenvalue weighted by Crippen LogP contribution is 2.47. The SMILES string of the molecule is COC(=O)c1ccc(C(NCc2cccc(F)c2)c2cc3c(cc2C)C(C)(C)CCC3(C)C)cc1. The Morgan fingerprint density at radius 2 is 1.60 bits per heavy atom. The molecule has 1 unspecified atom stereocenters. The minimum Gasteiger partial charge on any atom is -0.465 e. The lowest BCUT2D eigenvalue weighted by molar-refractivity contribution is 0.0600. The number of rotatable bonds is 6. The summed E-state index contributed by atoms with van der Waals surface area (Å²) in [5, 5.41) is 3.67. The van der Waals surface area contributed by atoms with Gasteiger partial charge in [0.15, 0.2) is 0 Å². The van der Waals surface area contributed by atoms with Crippen LogP contribution in [0.15, 0.2) is 60.7 Å². The third-order valence-corrected chi connectivity index (χ3v) is 7.61. The predicted octanol–water partition coefficient (Wildman–Crippen LogP) is 7.15. The zero-order chi connectivity index (χ0) is 25.4. The molecule has 3 aromatic rings. The maximum atomic E-state index is 13.8. The molecule has 1 atom stereocenters. The standard InChI is InChI=1S/C31H36FNO2/c1-20-16-26-27(31(4,5)15-14-30(26,2)3)18-25(20)28(33-19-21-8-7-9-24(32)17-21)22-10-12-23(13-11-22)29(34)35-6/h7-13,16-18,28,33H,14-15,19H2,1-6H3. The predicted molar refractivity (Wildman–Crippen MR) is 139 cm³/mol. The fourth-order valence-corrected chi connectivity index (χ4v) is 5.25. The average molecular weight is 474 g/mol. The van der Waals surface area contributed by atoms with E-state index in [0.29, 0.717) is 12.1 Å². The number of esters is 1. The van der Waals surface area contributed by atoms with Crippen molar-refractivity contribution in [2.75, 3.05) is 7.11 Å². The number of fused-ring (bicyclic) bond motifs is 1. The van der Waals surface area contributed by atoms with Gasteiger partial charge < -0.3 is 10.1 Å². The zero-order valence-electron chi connectivity index (χ0n) is 21.7. The van der Waals surface area contributed by atoms with Gasteiger partial charge in [-0.2, -0.15) is 0 Å². The Bertz CT molecular complexity index is 1230. The van der Waals surface area contributed by atoms with Crippen molar-refractivity contribution in [2.45, 2.75) is 70.9 Å². The summed E-state index contributed by atoms with van der Waals surface area (Å²) in [5.74, 6) is -0.591. The largest absolute Gasteiger partial charge is 0.465 e. The van der Waals surface area contributed by atoms with Gasteiger partial charge in [-0.25, -0.2) is 9.18 Å². The van der Waals surface area contributed by atoms with Gasteiger partial charge in [0.2, 0.25) is 0 Å². The molecule has 0 radical (unpaired) electrons. The van der Waals surface area contributed by atoms with E-state index in [2.05, 4.69) is 52.1 Å². The van der Waals surface area contributed by atoms with E-state index in [1.165, 1.54) is 41.9 Å². The molecule has 0 spiro atoms. The first-order valence-electron chi connectivity index (χ1n) is 12.3. The molecule has 0 heterocycles. The van der Waals surface area contributed by atoms with Crippen LogP contribution < -0.4 is 5.32 Å². The molecule has 184 valence electrons. The maximum Gasteiger partial charge on any atom is 0.337 e. The number of carbonyl (C=O) groups is 1. The Balaban J connectivity index is 1.79. The van der Waals surface area contributed by atoms with E-state index in [-0.39, 0.29) is 28.7 Å². The Morgan fingerprint density at radius 1 is 0.971 bits per heavy atom. The van der Waals surface area contributed by atoms with E-state index in [4.69, 9.17) is 4.74 Å². The second-order valence-electron chi connectivity index (χ2n) is 11.1. The van der Waals surface area contributed by atoms with Crippen LogP contribution in [0.2, 0.25) is 0 Å². The van der Waals surface area contributed by atoms with Crippen LogP contribution in [0.3, 0.4) is 0 Å². The summed E-state index contributed by atoms with van der Waals surface area (Å²) in [7, 11) is 1.39. The molecule has 1 aliphatic carbocycles. The molecule has 0 aliphatic heterocycles. The van der Waals surface area contributed by atoms with Crippen LogP contribution in [0.1, 0.15) is 90.3 Å². The highest BCUT2D eigenvalue weighted by molar-refractivity contribution is 5.89. The minimum absolute atomic E-state index is 0.0924. The van der Waals surface area contributed by atoms with Crippen molar-refractivity contribution in [3.63, 3.8) is 0 Å². The summed E-state index contributed by atoms with van der Waals surface area (Å²) in [5.41, 5.74) is 7.95. The van der Waals surface area contributed by atoms with Crippen molar-refractivity contribution in [3.05, 3.63) is 105 Å². The normalized spacial score (nSPS) is 16.9. The molecular formula is C31H36FNO2. The quantitative estimate of drug-likeness (QED) is 0.386. The first-order valence-corrected chi connectivity index (χ1v) is 12.3. The molecule has 0 saturated carbocycles. The number of carbonyl (C=O) groups excluding carboxylic acids is 1. The lowest BCUT2D eigenvalue weighted by Gasteiger charge is -2.43. The highest BCUT2D eigenvalue weighted by atomic mass is 19.1. The summed E-state index contributed by atoms with van der Waals surface area (Å²) in [6.07, 6.45) is 2.31. The first-order chi connectivity index (χ1) is 16.5. The van der Waals surface area contributed by atoms with Crippen molar-refractivity contribution in [3.8, 4) is 0 Å². The third-order valence-electron chi connectivity index (χ3n) is 7.61. The molecule has 0 amide bonds. The molecule has 1 aliphatic rings. The summed E-state index contributed by atoms with van der Waals surface area (Å²) in [4.78, 5) is 12.0. The van der Waals surface area contributed by atoms with E-state index in [1.807, 2.05) is 18.2 Å². The van der Waals surface area contributed by atoms with Gasteiger partial charge >= 0.3 is 5.97 Å².